The SMILES string of the molecule is [CH2]C[C@@H](O)c1ccc(F)cc1. The molecule has 1 radical (unpaired) electrons. The molecule has 0 fully saturated rings. The van der Waals surface area contributed by atoms with Gasteiger partial charge in [-0.1, -0.05) is 19.1 Å². The molecule has 1 nitrogen and oxygen atoms in total. The first kappa shape index (κ1) is 8.21. The van der Waals surface area contributed by atoms with Crippen LogP contribution in [0.1, 0.15) is 18.1 Å². The van der Waals surface area contributed by atoms with E-state index in [9.17, 15) is 9.50 Å². The number of halogens is 1. The summed E-state index contributed by atoms with van der Waals surface area (Å²) < 4.78 is 12.4. The van der Waals surface area contributed by atoms with Crippen molar-refractivity contribution in [2.45, 2.75) is 12.5 Å². The van der Waals surface area contributed by atoms with E-state index in [2.05, 4.69) is 6.92 Å². The first-order valence-electron chi connectivity index (χ1n) is 3.47. The van der Waals surface area contributed by atoms with Gasteiger partial charge in [0, 0.05) is 0 Å². The van der Waals surface area contributed by atoms with E-state index in [0.717, 1.165) is 0 Å². The Morgan fingerprint density at radius 3 is 2.36 bits per heavy atom. The second kappa shape index (κ2) is 3.49. The van der Waals surface area contributed by atoms with E-state index in [1.807, 2.05) is 0 Å². The Morgan fingerprint density at radius 2 is 1.91 bits per heavy atom. The van der Waals surface area contributed by atoms with Gasteiger partial charge < -0.3 is 5.11 Å². The van der Waals surface area contributed by atoms with Crippen molar-refractivity contribution in [3.63, 3.8) is 0 Å². The summed E-state index contributed by atoms with van der Waals surface area (Å²) in [5.74, 6) is -0.287. The molecule has 1 aromatic carbocycles. The van der Waals surface area contributed by atoms with E-state index in [1.54, 1.807) is 12.1 Å². The Kier molecular flexibility index (Phi) is 2.60. The number of aliphatic hydroxyl groups excluding tert-OH is 1. The predicted molar refractivity (Wildman–Crippen MR) is 41.3 cm³/mol. The van der Waals surface area contributed by atoms with Crippen LogP contribution in [-0.4, -0.2) is 5.11 Å². The van der Waals surface area contributed by atoms with Gasteiger partial charge in [-0.15, -0.1) is 0 Å². The van der Waals surface area contributed by atoms with Crippen LogP contribution in [0, 0.1) is 12.7 Å². The molecule has 0 spiro atoms. The van der Waals surface area contributed by atoms with E-state index < -0.39 is 6.10 Å². The molecule has 0 unspecified atom stereocenters. The molecular formula is C9H10FO. The maximum absolute atomic E-state index is 12.4. The fraction of sp³-hybridized carbons (Fsp3) is 0.222. The predicted octanol–water partition coefficient (Wildman–Crippen LogP) is 2.08. The van der Waals surface area contributed by atoms with E-state index >= 15 is 0 Å². The third-order valence-electron chi connectivity index (χ3n) is 1.53. The molecule has 1 N–H and O–H groups in total. The summed E-state index contributed by atoms with van der Waals surface area (Å²) in [7, 11) is 0. The highest BCUT2D eigenvalue weighted by Gasteiger charge is 2.02. The number of benzene rings is 1. The molecule has 11 heavy (non-hydrogen) atoms. The molecule has 0 amide bonds. The molecule has 0 aliphatic rings. The monoisotopic (exact) mass is 153 g/mol. The summed E-state index contributed by atoms with van der Waals surface area (Å²) in [6.45, 7) is 3.54. The highest BCUT2D eigenvalue weighted by molar-refractivity contribution is 5.18. The van der Waals surface area contributed by atoms with Crippen LogP contribution in [0.5, 0.6) is 0 Å². The second-order valence-electron chi connectivity index (χ2n) is 2.36. The van der Waals surface area contributed by atoms with Crippen molar-refractivity contribution >= 4 is 0 Å². The lowest BCUT2D eigenvalue weighted by Gasteiger charge is -2.06. The van der Waals surface area contributed by atoms with Gasteiger partial charge in [0.05, 0.1) is 6.10 Å². The topological polar surface area (TPSA) is 20.2 Å². The van der Waals surface area contributed by atoms with Crippen LogP contribution in [0.15, 0.2) is 24.3 Å². The van der Waals surface area contributed by atoms with Crippen molar-refractivity contribution in [2.24, 2.45) is 0 Å². The molecule has 59 valence electrons. The van der Waals surface area contributed by atoms with Crippen molar-refractivity contribution in [2.75, 3.05) is 0 Å². The maximum atomic E-state index is 12.4. The molecule has 0 aliphatic carbocycles. The largest absolute Gasteiger partial charge is 0.388 e. The van der Waals surface area contributed by atoms with Gasteiger partial charge in [-0.3, -0.25) is 0 Å². The molecule has 0 aliphatic heterocycles. The molecule has 0 aromatic heterocycles. The number of aliphatic hydroxyl groups is 1. The first-order chi connectivity index (χ1) is 5.24. The lowest BCUT2D eigenvalue weighted by Crippen LogP contribution is -1.94. The maximum Gasteiger partial charge on any atom is 0.123 e. The van der Waals surface area contributed by atoms with Gasteiger partial charge >= 0.3 is 0 Å². The summed E-state index contributed by atoms with van der Waals surface area (Å²) in [6, 6.07) is 5.78. The Bertz CT molecular complexity index is 218. The van der Waals surface area contributed by atoms with Crippen LogP contribution in [0.4, 0.5) is 4.39 Å². The summed E-state index contributed by atoms with van der Waals surface area (Å²) in [6.07, 6.45) is -0.165. The smallest absolute Gasteiger partial charge is 0.123 e. The minimum absolute atomic E-state index is 0.287. The summed E-state index contributed by atoms with van der Waals surface area (Å²) in [5, 5.41) is 9.24. The molecule has 1 aromatic rings. The molecule has 1 atom stereocenters. The van der Waals surface area contributed by atoms with Crippen LogP contribution in [0.2, 0.25) is 0 Å². The van der Waals surface area contributed by atoms with Crippen molar-refractivity contribution in [1.29, 1.82) is 0 Å². The van der Waals surface area contributed by atoms with Crippen LogP contribution >= 0.6 is 0 Å². The highest BCUT2D eigenvalue weighted by Crippen LogP contribution is 2.15. The van der Waals surface area contributed by atoms with Crippen molar-refractivity contribution in [3.8, 4) is 0 Å². The fourth-order valence-corrected chi connectivity index (χ4v) is 0.852. The number of rotatable bonds is 2. The highest BCUT2D eigenvalue weighted by atomic mass is 19.1. The minimum Gasteiger partial charge on any atom is -0.388 e. The van der Waals surface area contributed by atoms with E-state index in [1.165, 1.54) is 12.1 Å². The molecule has 1 rings (SSSR count). The number of hydrogen-bond donors (Lipinski definition) is 1. The van der Waals surface area contributed by atoms with Gasteiger partial charge in [0.2, 0.25) is 0 Å². The van der Waals surface area contributed by atoms with Crippen LogP contribution in [0.25, 0.3) is 0 Å². The molecule has 2 heteroatoms. The Labute approximate surface area is 65.5 Å². The summed E-state index contributed by atoms with van der Waals surface area (Å²) in [5.41, 5.74) is 0.710. The van der Waals surface area contributed by atoms with Gasteiger partial charge in [0.15, 0.2) is 0 Å². The lowest BCUT2D eigenvalue weighted by atomic mass is 10.1. The van der Waals surface area contributed by atoms with E-state index in [-0.39, 0.29) is 5.82 Å². The van der Waals surface area contributed by atoms with E-state index in [0.29, 0.717) is 12.0 Å². The van der Waals surface area contributed by atoms with Gasteiger partial charge in [-0.05, 0) is 24.1 Å². The van der Waals surface area contributed by atoms with Gasteiger partial charge in [-0.25, -0.2) is 4.39 Å². The van der Waals surface area contributed by atoms with Gasteiger partial charge in [0.25, 0.3) is 0 Å². The number of hydrogen-bond acceptors (Lipinski definition) is 1. The molecule has 0 bridgehead atoms. The summed E-state index contributed by atoms with van der Waals surface area (Å²) >= 11 is 0. The van der Waals surface area contributed by atoms with Crippen LogP contribution in [-0.2, 0) is 0 Å². The fourth-order valence-electron chi connectivity index (χ4n) is 0.852. The van der Waals surface area contributed by atoms with Crippen molar-refractivity contribution in [1.82, 2.24) is 0 Å². The standard InChI is InChI=1S/C9H10FO/c1-2-9(11)7-3-5-8(10)6-4-7/h3-6,9,11H,1-2H2/t9-/m1/s1. The Morgan fingerprint density at radius 1 is 1.36 bits per heavy atom. The molecule has 0 saturated heterocycles. The third kappa shape index (κ3) is 2.02. The zero-order valence-electron chi connectivity index (χ0n) is 6.13. The molecular weight excluding hydrogens is 143 g/mol. The first-order valence-corrected chi connectivity index (χ1v) is 3.47. The van der Waals surface area contributed by atoms with Gasteiger partial charge in [-0.2, -0.15) is 0 Å². The Balaban J connectivity index is 2.81. The average Bonchev–Trinajstić information content (AvgIpc) is 2.05. The van der Waals surface area contributed by atoms with E-state index in [4.69, 9.17) is 0 Å². The quantitative estimate of drug-likeness (QED) is 0.689. The lowest BCUT2D eigenvalue weighted by molar-refractivity contribution is 0.180. The third-order valence-corrected chi connectivity index (χ3v) is 1.53. The second-order valence-corrected chi connectivity index (χ2v) is 2.36. The zero-order valence-corrected chi connectivity index (χ0v) is 6.13. The average molecular weight is 153 g/mol. The van der Waals surface area contributed by atoms with Crippen LogP contribution in [0.3, 0.4) is 0 Å². The zero-order chi connectivity index (χ0) is 8.27. The Hall–Kier alpha value is -0.890. The molecule has 0 saturated carbocycles. The normalized spacial score (nSPS) is 13.0. The van der Waals surface area contributed by atoms with Crippen molar-refractivity contribution in [3.05, 3.63) is 42.6 Å². The van der Waals surface area contributed by atoms with Gasteiger partial charge in [0.1, 0.15) is 5.82 Å². The minimum atomic E-state index is -0.574. The van der Waals surface area contributed by atoms with Crippen LogP contribution < -0.4 is 0 Å². The summed E-state index contributed by atoms with van der Waals surface area (Å²) in [4.78, 5) is 0. The van der Waals surface area contributed by atoms with Crippen molar-refractivity contribution < 1.29 is 9.50 Å². The molecule has 0 heterocycles.